The van der Waals surface area contributed by atoms with Crippen LogP contribution in [0.15, 0.2) is 0 Å². The molecule has 88 valence electrons. The van der Waals surface area contributed by atoms with E-state index in [0.29, 0.717) is 24.3 Å². The maximum absolute atomic E-state index is 11.1. The molecular weight excluding hydrogens is 210 g/mol. The first kappa shape index (κ1) is 12.8. The van der Waals surface area contributed by atoms with Crippen LogP contribution in [0.3, 0.4) is 0 Å². The van der Waals surface area contributed by atoms with Crippen molar-refractivity contribution in [2.24, 2.45) is 5.73 Å². The first-order chi connectivity index (χ1) is 7.22. The fourth-order valence-electron chi connectivity index (χ4n) is 1.80. The fourth-order valence-corrected chi connectivity index (χ4v) is 3.02. The van der Waals surface area contributed by atoms with Gasteiger partial charge in [-0.1, -0.05) is 0 Å². The Labute approximate surface area is 96.1 Å². The molecular formula is C11H21NO2S. The molecule has 0 heterocycles. The molecule has 1 rings (SSSR count). The SMILES string of the molecule is CCOC(=O)CCSC1CCC(N)CC1. The molecule has 4 heteroatoms. The number of hydrogen-bond acceptors (Lipinski definition) is 4. The summed E-state index contributed by atoms with van der Waals surface area (Å²) >= 11 is 1.90. The number of thioether (sulfide) groups is 1. The highest BCUT2D eigenvalue weighted by molar-refractivity contribution is 7.99. The van der Waals surface area contributed by atoms with E-state index >= 15 is 0 Å². The Morgan fingerprint density at radius 2 is 2.07 bits per heavy atom. The summed E-state index contributed by atoms with van der Waals surface area (Å²) < 4.78 is 4.88. The molecule has 0 spiro atoms. The lowest BCUT2D eigenvalue weighted by molar-refractivity contribution is -0.142. The Balaban J connectivity index is 2.02. The molecule has 0 bridgehead atoms. The molecule has 0 atom stereocenters. The van der Waals surface area contributed by atoms with E-state index in [-0.39, 0.29) is 5.97 Å². The molecule has 3 nitrogen and oxygen atoms in total. The van der Waals surface area contributed by atoms with E-state index < -0.39 is 0 Å². The van der Waals surface area contributed by atoms with Crippen molar-refractivity contribution < 1.29 is 9.53 Å². The van der Waals surface area contributed by atoms with E-state index in [1.807, 2.05) is 18.7 Å². The summed E-state index contributed by atoms with van der Waals surface area (Å²) in [5.41, 5.74) is 5.83. The number of hydrogen-bond donors (Lipinski definition) is 1. The first-order valence-electron chi connectivity index (χ1n) is 5.75. The molecule has 15 heavy (non-hydrogen) atoms. The highest BCUT2D eigenvalue weighted by Crippen LogP contribution is 2.28. The van der Waals surface area contributed by atoms with E-state index in [0.717, 1.165) is 18.6 Å². The summed E-state index contributed by atoms with van der Waals surface area (Å²) in [6.07, 6.45) is 5.22. The molecule has 0 amide bonds. The zero-order valence-electron chi connectivity index (χ0n) is 9.41. The standard InChI is InChI=1S/C11H21NO2S/c1-2-14-11(13)7-8-15-10-5-3-9(12)4-6-10/h9-10H,2-8,12H2,1H3. The third-order valence-electron chi connectivity index (χ3n) is 2.68. The Morgan fingerprint density at radius 1 is 1.40 bits per heavy atom. The normalized spacial score (nSPS) is 26.3. The van der Waals surface area contributed by atoms with Crippen molar-refractivity contribution in [1.82, 2.24) is 0 Å². The van der Waals surface area contributed by atoms with E-state index in [1.54, 1.807) is 0 Å². The predicted molar refractivity (Wildman–Crippen MR) is 63.9 cm³/mol. The third kappa shape index (κ3) is 5.42. The van der Waals surface area contributed by atoms with Crippen LogP contribution in [0.1, 0.15) is 39.0 Å². The van der Waals surface area contributed by atoms with Crippen molar-refractivity contribution in [3.63, 3.8) is 0 Å². The van der Waals surface area contributed by atoms with Crippen LogP contribution in [0, 0.1) is 0 Å². The van der Waals surface area contributed by atoms with Gasteiger partial charge in [-0.05, 0) is 32.6 Å². The van der Waals surface area contributed by atoms with Crippen LogP contribution >= 0.6 is 11.8 Å². The van der Waals surface area contributed by atoms with Gasteiger partial charge in [-0.25, -0.2) is 0 Å². The average Bonchev–Trinajstić information content (AvgIpc) is 2.21. The Hall–Kier alpha value is -0.220. The number of nitrogens with two attached hydrogens (primary N) is 1. The van der Waals surface area contributed by atoms with Gasteiger partial charge in [0.1, 0.15) is 0 Å². The molecule has 1 aliphatic rings. The zero-order chi connectivity index (χ0) is 11.1. The van der Waals surface area contributed by atoms with Crippen LogP contribution in [0.2, 0.25) is 0 Å². The van der Waals surface area contributed by atoms with Gasteiger partial charge in [-0.3, -0.25) is 4.79 Å². The summed E-state index contributed by atoms with van der Waals surface area (Å²) in [5, 5.41) is 0.708. The molecule has 0 aromatic heterocycles. The van der Waals surface area contributed by atoms with Gasteiger partial charge in [0.25, 0.3) is 0 Å². The van der Waals surface area contributed by atoms with Crippen molar-refractivity contribution in [3.05, 3.63) is 0 Å². The van der Waals surface area contributed by atoms with Gasteiger partial charge in [-0.2, -0.15) is 11.8 Å². The number of carbonyl (C=O) groups excluding carboxylic acids is 1. The molecule has 0 aromatic rings. The van der Waals surface area contributed by atoms with Crippen LogP contribution < -0.4 is 5.73 Å². The largest absolute Gasteiger partial charge is 0.466 e. The summed E-state index contributed by atoms with van der Waals surface area (Å²) in [5.74, 6) is 0.816. The van der Waals surface area contributed by atoms with E-state index in [1.165, 1.54) is 12.8 Å². The zero-order valence-corrected chi connectivity index (χ0v) is 10.2. The van der Waals surface area contributed by atoms with Crippen LogP contribution in [0.5, 0.6) is 0 Å². The Bertz CT molecular complexity index is 191. The Morgan fingerprint density at radius 3 is 2.67 bits per heavy atom. The smallest absolute Gasteiger partial charge is 0.306 e. The maximum atomic E-state index is 11.1. The Kier molecular flexibility index (Phi) is 6.10. The summed E-state index contributed by atoms with van der Waals surface area (Å²) in [4.78, 5) is 11.1. The lowest BCUT2D eigenvalue weighted by Gasteiger charge is -2.25. The molecule has 0 aliphatic heterocycles. The lowest BCUT2D eigenvalue weighted by atomic mass is 9.96. The second kappa shape index (κ2) is 7.12. The molecule has 0 radical (unpaired) electrons. The molecule has 0 aromatic carbocycles. The van der Waals surface area contributed by atoms with Crippen molar-refractivity contribution in [3.8, 4) is 0 Å². The van der Waals surface area contributed by atoms with Gasteiger partial charge in [0.15, 0.2) is 0 Å². The number of rotatable bonds is 5. The molecule has 0 unspecified atom stereocenters. The maximum Gasteiger partial charge on any atom is 0.306 e. The minimum absolute atomic E-state index is 0.0717. The van der Waals surface area contributed by atoms with E-state index in [2.05, 4.69) is 0 Å². The van der Waals surface area contributed by atoms with Gasteiger partial charge in [0.2, 0.25) is 0 Å². The van der Waals surface area contributed by atoms with E-state index in [4.69, 9.17) is 10.5 Å². The second-order valence-electron chi connectivity index (χ2n) is 3.96. The highest BCUT2D eigenvalue weighted by Gasteiger charge is 2.18. The van der Waals surface area contributed by atoms with Crippen molar-refractivity contribution in [1.29, 1.82) is 0 Å². The van der Waals surface area contributed by atoms with Crippen LogP contribution in [-0.4, -0.2) is 29.6 Å². The highest BCUT2D eigenvalue weighted by atomic mass is 32.2. The van der Waals surface area contributed by atoms with Crippen LogP contribution in [0.25, 0.3) is 0 Å². The number of esters is 1. The molecule has 2 N–H and O–H groups in total. The van der Waals surface area contributed by atoms with Gasteiger partial charge in [0, 0.05) is 17.0 Å². The quantitative estimate of drug-likeness (QED) is 0.735. The molecule has 1 saturated carbocycles. The van der Waals surface area contributed by atoms with Crippen LogP contribution in [-0.2, 0) is 9.53 Å². The van der Waals surface area contributed by atoms with Crippen molar-refractivity contribution in [2.75, 3.05) is 12.4 Å². The molecule has 1 fully saturated rings. The first-order valence-corrected chi connectivity index (χ1v) is 6.80. The van der Waals surface area contributed by atoms with Gasteiger partial charge >= 0.3 is 5.97 Å². The fraction of sp³-hybridized carbons (Fsp3) is 0.909. The van der Waals surface area contributed by atoms with Crippen LogP contribution in [0.4, 0.5) is 0 Å². The minimum Gasteiger partial charge on any atom is -0.466 e. The lowest BCUT2D eigenvalue weighted by Crippen LogP contribution is -2.27. The number of carbonyl (C=O) groups is 1. The number of ether oxygens (including phenoxy) is 1. The summed E-state index contributed by atoms with van der Waals surface area (Å²) in [6.45, 7) is 2.33. The molecule has 0 saturated heterocycles. The molecule has 1 aliphatic carbocycles. The van der Waals surface area contributed by atoms with Crippen molar-refractivity contribution in [2.45, 2.75) is 50.3 Å². The summed E-state index contributed by atoms with van der Waals surface area (Å²) in [6, 6.07) is 0.409. The van der Waals surface area contributed by atoms with Gasteiger partial charge in [-0.15, -0.1) is 0 Å². The second-order valence-corrected chi connectivity index (χ2v) is 5.37. The van der Waals surface area contributed by atoms with Crippen molar-refractivity contribution >= 4 is 17.7 Å². The third-order valence-corrected chi connectivity index (χ3v) is 4.07. The predicted octanol–water partition coefficient (Wildman–Crippen LogP) is 1.94. The monoisotopic (exact) mass is 231 g/mol. The topological polar surface area (TPSA) is 52.3 Å². The minimum atomic E-state index is -0.0717. The van der Waals surface area contributed by atoms with Gasteiger partial charge < -0.3 is 10.5 Å². The average molecular weight is 231 g/mol. The van der Waals surface area contributed by atoms with Gasteiger partial charge in [0.05, 0.1) is 13.0 Å². The summed E-state index contributed by atoms with van der Waals surface area (Å²) in [7, 11) is 0. The van der Waals surface area contributed by atoms with E-state index in [9.17, 15) is 4.79 Å².